The number of phenolic OH excluding ortho intramolecular Hbond substituents is 1. The Morgan fingerprint density at radius 3 is 2.17 bits per heavy atom. The van der Waals surface area contributed by atoms with Crippen LogP contribution in [0, 0.1) is 0 Å². The monoisotopic (exact) mass is 341 g/mol. The molecule has 1 heterocycles. The van der Waals surface area contributed by atoms with E-state index in [0.717, 1.165) is 0 Å². The smallest absolute Gasteiger partial charge is 0.302 e. The fraction of sp³-hybridized carbons (Fsp3) is 0.500. The third-order valence-electron chi connectivity index (χ3n) is 3.08. The van der Waals surface area contributed by atoms with Crippen molar-refractivity contribution in [3.63, 3.8) is 0 Å². The van der Waals surface area contributed by atoms with E-state index in [1.165, 1.54) is 19.9 Å². The van der Waals surface area contributed by atoms with Gasteiger partial charge >= 0.3 is 11.9 Å². The standard InChI is InChI=1S/C9H14O5.C7H9NO2/c1-6(10)13-8-3-9(5-12-4-8)14-7(2)11;8-6-2-1-5(4-9)3-7(6)10/h8-9H,3-5H2,1-2H3;1-3,9-10H,4,8H2. The molecule has 0 aromatic heterocycles. The van der Waals surface area contributed by atoms with Gasteiger partial charge < -0.3 is 30.2 Å². The number of ether oxygens (including phenoxy) is 3. The van der Waals surface area contributed by atoms with Crippen molar-refractivity contribution in [2.45, 2.75) is 39.1 Å². The molecule has 0 spiro atoms. The average molecular weight is 341 g/mol. The molecule has 1 aliphatic heterocycles. The first-order chi connectivity index (χ1) is 11.3. The molecule has 4 N–H and O–H groups in total. The van der Waals surface area contributed by atoms with Gasteiger partial charge in [-0.15, -0.1) is 0 Å². The molecule has 1 saturated heterocycles. The molecule has 1 aromatic rings. The van der Waals surface area contributed by atoms with E-state index in [0.29, 0.717) is 30.9 Å². The second-order valence-electron chi connectivity index (χ2n) is 5.29. The second kappa shape index (κ2) is 9.74. The van der Waals surface area contributed by atoms with Crippen molar-refractivity contribution in [1.29, 1.82) is 0 Å². The van der Waals surface area contributed by atoms with Gasteiger partial charge in [0.25, 0.3) is 0 Å². The van der Waals surface area contributed by atoms with Gasteiger partial charge in [0.05, 0.1) is 25.5 Å². The first-order valence-electron chi connectivity index (χ1n) is 7.42. The van der Waals surface area contributed by atoms with E-state index in [2.05, 4.69) is 0 Å². The Bertz CT molecular complexity index is 539. The van der Waals surface area contributed by atoms with E-state index in [1.54, 1.807) is 12.1 Å². The quantitative estimate of drug-likeness (QED) is 0.417. The van der Waals surface area contributed by atoms with Crippen LogP contribution in [0.2, 0.25) is 0 Å². The minimum Gasteiger partial charge on any atom is -0.506 e. The Kier molecular flexibility index (Phi) is 8.00. The van der Waals surface area contributed by atoms with E-state index < -0.39 is 0 Å². The number of carbonyl (C=O) groups is 2. The topological polar surface area (TPSA) is 128 Å². The molecule has 1 aliphatic rings. The van der Waals surface area contributed by atoms with Gasteiger partial charge in [0.2, 0.25) is 0 Å². The normalized spacial score (nSPS) is 19.6. The molecule has 2 unspecified atom stereocenters. The van der Waals surface area contributed by atoms with Crippen LogP contribution in [0.4, 0.5) is 5.69 Å². The number of benzene rings is 1. The lowest BCUT2D eigenvalue weighted by molar-refractivity contribution is -0.168. The van der Waals surface area contributed by atoms with Crippen LogP contribution in [0.15, 0.2) is 18.2 Å². The zero-order chi connectivity index (χ0) is 18.1. The first kappa shape index (κ1) is 19.7. The Hall–Kier alpha value is -2.32. The molecular formula is C16H23NO7. The van der Waals surface area contributed by atoms with Gasteiger partial charge in [-0.05, 0) is 17.7 Å². The summed E-state index contributed by atoms with van der Waals surface area (Å²) < 4.78 is 15.0. The summed E-state index contributed by atoms with van der Waals surface area (Å²) in [4.78, 5) is 21.3. The van der Waals surface area contributed by atoms with Gasteiger partial charge in [0.15, 0.2) is 0 Å². The van der Waals surface area contributed by atoms with Gasteiger partial charge in [-0.25, -0.2) is 0 Å². The molecule has 0 aliphatic carbocycles. The molecule has 8 nitrogen and oxygen atoms in total. The van der Waals surface area contributed by atoms with Crippen molar-refractivity contribution < 1.29 is 34.0 Å². The van der Waals surface area contributed by atoms with Gasteiger partial charge in [0.1, 0.15) is 18.0 Å². The predicted octanol–water partition coefficient (Wildman–Crippen LogP) is 0.737. The van der Waals surface area contributed by atoms with Crippen LogP contribution >= 0.6 is 0 Å². The molecular weight excluding hydrogens is 318 g/mol. The number of aliphatic hydroxyl groups excluding tert-OH is 1. The van der Waals surface area contributed by atoms with E-state index in [9.17, 15) is 9.59 Å². The summed E-state index contributed by atoms with van der Waals surface area (Å²) >= 11 is 0. The molecule has 0 amide bonds. The third-order valence-corrected chi connectivity index (χ3v) is 3.08. The Morgan fingerprint density at radius 2 is 1.75 bits per heavy atom. The van der Waals surface area contributed by atoms with E-state index in [-0.39, 0.29) is 36.5 Å². The van der Waals surface area contributed by atoms with Crippen LogP contribution in [-0.2, 0) is 30.4 Å². The number of nitrogens with two attached hydrogens (primary N) is 1. The first-order valence-corrected chi connectivity index (χ1v) is 7.42. The molecule has 134 valence electrons. The lowest BCUT2D eigenvalue weighted by Crippen LogP contribution is -2.38. The van der Waals surface area contributed by atoms with E-state index in [4.69, 9.17) is 30.2 Å². The number of rotatable bonds is 3. The fourth-order valence-corrected chi connectivity index (χ4v) is 2.08. The van der Waals surface area contributed by atoms with Crippen LogP contribution in [-0.4, -0.2) is 47.6 Å². The van der Waals surface area contributed by atoms with Crippen molar-refractivity contribution >= 4 is 17.6 Å². The molecule has 0 saturated carbocycles. The number of aliphatic hydroxyl groups is 1. The summed E-state index contributed by atoms with van der Waals surface area (Å²) in [6.07, 6.45) is -0.0877. The zero-order valence-corrected chi connectivity index (χ0v) is 13.7. The molecule has 8 heteroatoms. The Morgan fingerprint density at radius 1 is 1.21 bits per heavy atom. The summed E-state index contributed by atoms with van der Waals surface area (Å²) in [6.45, 7) is 3.35. The Labute approximate surface area is 140 Å². The predicted molar refractivity (Wildman–Crippen MR) is 85.0 cm³/mol. The van der Waals surface area contributed by atoms with Crippen molar-refractivity contribution in [1.82, 2.24) is 0 Å². The summed E-state index contributed by atoms with van der Waals surface area (Å²) in [7, 11) is 0. The highest BCUT2D eigenvalue weighted by atomic mass is 16.6. The van der Waals surface area contributed by atoms with E-state index >= 15 is 0 Å². The number of hydrogen-bond donors (Lipinski definition) is 3. The van der Waals surface area contributed by atoms with Crippen molar-refractivity contribution in [2.24, 2.45) is 0 Å². The van der Waals surface area contributed by atoms with Crippen molar-refractivity contribution in [2.75, 3.05) is 18.9 Å². The number of esters is 2. The number of carbonyl (C=O) groups excluding carboxylic acids is 2. The second-order valence-corrected chi connectivity index (χ2v) is 5.29. The van der Waals surface area contributed by atoms with Gasteiger partial charge in [0, 0.05) is 20.3 Å². The van der Waals surface area contributed by atoms with Crippen LogP contribution in [0.5, 0.6) is 5.75 Å². The van der Waals surface area contributed by atoms with Crippen LogP contribution in [0.25, 0.3) is 0 Å². The fourth-order valence-electron chi connectivity index (χ4n) is 2.08. The van der Waals surface area contributed by atoms with E-state index in [1.807, 2.05) is 0 Å². The molecule has 2 rings (SSSR count). The van der Waals surface area contributed by atoms with Gasteiger partial charge in [-0.2, -0.15) is 0 Å². The van der Waals surface area contributed by atoms with Crippen molar-refractivity contribution in [3.8, 4) is 5.75 Å². The maximum Gasteiger partial charge on any atom is 0.302 e. The zero-order valence-electron chi connectivity index (χ0n) is 13.7. The summed E-state index contributed by atoms with van der Waals surface area (Å²) in [5, 5.41) is 17.6. The average Bonchev–Trinajstić information content (AvgIpc) is 2.50. The van der Waals surface area contributed by atoms with Gasteiger partial charge in [-0.1, -0.05) is 6.07 Å². The molecule has 1 fully saturated rings. The summed E-state index contributed by atoms with van der Waals surface area (Å²) in [6, 6.07) is 4.66. The SMILES string of the molecule is CC(=O)OC1COCC(OC(C)=O)C1.Nc1ccc(CO)cc1O. The number of phenols is 1. The summed E-state index contributed by atoms with van der Waals surface area (Å²) in [5.74, 6) is -0.671. The third kappa shape index (κ3) is 7.30. The maximum atomic E-state index is 10.7. The highest BCUT2D eigenvalue weighted by Crippen LogP contribution is 2.20. The summed E-state index contributed by atoms with van der Waals surface area (Å²) in [5.41, 5.74) is 6.30. The lowest BCUT2D eigenvalue weighted by atomic mass is 10.1. The molecule has 1 aromatic carbocycles. The minimum absolute atomic E-state index is 0.0200. The Balaban J connectivity index is 0.000000254. The molecule has 24 heavy (non-hydrogen) atoms. The number of aromatic hydroxyl groups is 1. The van der Waals surface area contributed by atoms with Crippen LogP contribution in [0.1, 0.15) is 25.8 Å². The highest BCUT2D eigenvalue weighted by Gasteiger charge is 2.26. The molecule has 0 bridgehead atoms. The maximum absolute atomic E-state index is 10.7. The highest BCUT2D eigenvalue weighted by molar-refractivity contribution is 5.66. The minimum atomic E-state index is -0.345. The number of anilines is 1. The lowest BCUT2D eigenvalue weighted by Gasteiger charge is -2.28. The molecule has 2 atom stereocenters. The van der Waals surface area contributed by atoms with Crippen LogP contribution in [0.3, 0.4) is 0 Å². The number of nitrogen functional groups attached to an aromatic ring is 1. The number of hydrogen-bond acceptors (Lipinski definition) is 8. The van der Waals surface area contributed by atoms with Crippen LogP contribution < -0.4 is 5.73 Å². The van der Waals surface area contributed by atoms with Crippen molar-refractivity contribution in [3.05, 3.63) is 23.8 Å². The van der Waals surface area contributed by atoms with Gasteiger partial charge in [-0.3, -0.25) is 9.59 Å². The largest absolute Gasteiger partial charge is 0.506 e. The molecule has 0 radical (unpaired) electrons.